The molecule has 1 saturated carbocycles. The summed E-state index contributed by atoms with van der Waals surface area (Å²) in [6.07, 6.45) is 2.83. The van der Waals surface area contributed by atoms with Crippen LogP contribution in [-0.4, -0.2) is 58.9 Å². The van der Waals surface area contributed by atoms with E-state index in [1.807, 2.05) is 0 Å². The van der Waals surface area contributed by atoms with Crippen molar-refractivity contribution in [2.24, 2.45) is 11.8 Å². The number of carboxylic acids is 1. The number of carbonyl (C=O) groups excluding carboxylic acids is 2. The first kappa shape index (κ1) is 14.8. The molecule has 2 amide bonds. The van der Waals surface area contributed by atoms with E-state index in [1.165, 1.54) is 6.92 Å². The molecule has 0 spiro atoms. The number of nitrogens with zero attached hydrogens (tertiary/aromatic N) is 2. The van der Waals surface area contributed by atoms with Crippen molar-refractivity contribution in [1.82, 2.24) is 9.80 Å². The molecule has 2 unspecified atom stereocenters. The van der Waals surface area contributed by atoms with Crippen LogP contribution in [0.15, 0.2) is 0 Å². The third-order valence-corrected chi connectivity index (χ3v) is 4.40. The summed E-state index contributed by atoms with van der Waals surface area (Å²) in [6.45, 7) is 3.89. The van der Waals surface area contributed by atoms with Crippen molar-refractivity contribution < 1.29 is 19.5 Å². The molecule has 2 aliphatic rings. The Hall–Kier alpha value is -1.59. The number of aliphatic carboxylic acids is 1. The largest absolute Gasteiger partial charge is 0.481 e. The molecule has 1 saturated heterocycles. The van der Waals surface area contributed by atoms with Crippen molar-refractivity contribution in [3.05, 3.63) is 0 Å². The van der Waals surface area contributed by atoms with Crippen LogP contribution in [0.4, 0.5) is 0 Å². The Morgan fingerprint density at radius 3 is 2.15 bits per heavy atom. The monoisotopic (exact) mass is 282 g/mol. The van der Waals surface area contributed by atoms with Crippen LogP contribution >= 0.6 is 0 Å². The zero-order valence-corrected chi connectivity index (χ0v) is 11.9. The van der Waals surface area contributed by atoms with Crippen LogP contribution in [0, 0.1) is 11.8 Å². The van der Waals surface area contributed by atoms with Crippen LogP contribution < -0.4 is 0 Å². The van der Waals surface area contributed by atoms with Gasteiger partial charge < -0.3 is 14.9 Å². The molecule has 2 atom stereocenters. The summed E-state index contributed by atoms with van der Waals surface area (Å²) < 4.78 is 0. The summed E-state index contributed by atoms with van der Waals surface area (Å²) in [7, 11) is 0. The minimum Gasteiger partial charge on any atom is -0.481 e. The molecule has 20 heavy (non-hydrogen) atoms. The normalized spacial score (nSPS) is 27.2. The number of hydrogen-bond acceptors (Lipinski definition) is 3. The standard InChI is InChI=1S/C14H22N2O4/c1-10(17)15-6-3-7-16(9-8-15)13(18)11-4-2-5-12(11)14(19)20/h11-12H,2-9H2,1H3,(H,19,20). The van der Waals surface area contributed by atoms with Crippen LogP contribution in [-0.2, 0) is 14.4 Å². The maximum absolute atomic E-state index is 12.5. The fourth-order valence-corrected chi connectivity index (χ4v) is 3.24. The molecule has 2 fully saturated rings. The van der Waals surface area contributed by atoms with E-state index in [4.69, 9.17) is 0 Å². The van der Waals surface area contributed by atoms with E-state index in [9.17, 15) is 19.5 Å². The van der Waals surface area contributed by atoms with Gasteiger partial charge >= 0.3 is 5.97 Å². The van der Waals surface area contributed by atoms with Crippen LogP contribution in [0.1, 0.15) is 32.6 Å². The quantitative estimate of drug-likeness (QED) is 0.803. The molecule has 112 valence electrons. The Kier molecular flexibility index (Phi) is 4.62. The number of carbonyl (C=O) groups is 3. The van der Waals surface area contributed by atoms with Crippen molar-refractivity contribution in [2.75, 3.05) is 26.2 Å². The minimum atomic E-state index is -0.860. The highest BCUT2D eigenvalue weighted by atomic mass is 16.4. The second kappa shape index (κ2) is 6.24. The Morgan fingerprint density at radius 2 is 1.50 bits per heavy atom. The topological polar surface area (TPSA) is 77.9 Å². The summed E-state index contributed by atoms with van der Waals surface area (Å²) >= 11 is 0. The van der Waals surface area contributed by atoms with E-state index in [0.29, 0.717) is 39.0 Å². The van der Waals surface area contributed by atoms with E-state index in [-0.39, 0.29) is 17.7 Å². The third-order valence-electron chi connectivity index (χ3n) is 4.40. The van der Waals surface area contributed by atoms with Gasteiger partial charge in [-0.25, -0.2) is 0 Å². The van der Waals surface area contributed by atoms with Gasteiger partial charge in [-0.15, -0.1) is 0 Å². The van der Waals surface area contributed by atoms with Crippen LogP contribution in [0.5, 0.6) is 0 Å². The third kappa shape index (κ3) is 3.11. The highest BCUT2D eigenvalue weighted by Crippen LogP contribution is 2.33. The first-order valence-electron chi connectivity index (χ1n) is 7.28. The maximum atomic E-state index is 12.5. The molecule has 0 radical (unpaired) electrons. The summed E-state index contributed by atoms with van der Waals surface area (Å²) in [5.74, 6) is -1.78. The van der Waals surface area contributed by atoms with Gasteiger partial charge in [0.2, 0.25) is 11.8 Å². The van der Waals surface area contributed by atoms with E-state index in [1.54, 1.807) is 9.80 Å². The van der Waals surface area contributed by atoms with Gasteiger partial charge in [-0.1, -0.05) is 6.42 Å². The van der Waals surface area contributed by atoms with Crippen molar-refractivity contribution in [3.8, 4) is 0 Å². The number of hydrogen-bond donors (Lipinski definition) is 1. The molecule has 1 N–H and O–H groups in total. The molecule has 0 aromatic heterocycles. The van der Waals surface area contributed by atoms with Crippen LogP contribution in [0.25, 0.3) is 0 Å². The Bertz CT molecular complexity index is 410. The first-order chi connectivity index (χ1) is 9.50. The fourth-order valence-electron chi connectivity index (χ4n) is 3.24. The highest BCUT2D eigenvalue weighted by molar-refractivity contribution is 5.85. The second-order valence-electron chi connectivity index (χ2n) is 5.67. The molecule has 0 bridgehead atoms. The van der Waals surface area contributed by atoms with Crippen molar-refractivity contribution >= 4 is 17.8 Å². The lowest BCUT2D eigenvalue weighted by atomic mass is 9.94. The van der Waals surface area contributed by atoms with Gasteiger partial charge in [0.25, 0.3) is 0 Å². The van der Waals surface area contributed by atoms with Gasteiger partial charge in [0.15, 0.2) is 0 Å². The molecular weight excluding hydrogens is 260 g/mol. The summed E-state index contributed by atoms with van der Waals surface area (Å²) in [4.78, 5) is 38.6. The Labute approximate surface area is 118 Å². The van der Waals surface area contributed by atoms with Gasteiger partial charge in [-0.2, -0.15) is 0 Å². The van der Waals surface area contributed by atoms with Gasteiger partial charge in [0.05, 0.1) is 11.8 Å². The summed E-state index contributed by atoms with van der Waals surface area (Å²) in [5, 5.41) is 9.18. The van der Waals surface area contributed by atoms with Crippen LogP contribution in [0.2, 0.25) is 0 Å². The number of carboxylic acid groups (broad SMARTS) is 1. The van der Waals surface area contributed by atoms with Gasteiger partial charge in [-0.05, 0) is 19.3 Å². The number of amides is 2. The highest BCUT2D eigenvalue weighted by Gasteiger charge is 2.39. The van der Waals surface area contributed by atoms with Crippen molar-refractivity contribution in [2.45, 2.75) is 32.6 Å². The maximum Gasteiger partial charge on any atom is 0.307 e. The average Bonchev–Trinajstić information content (AvgIpc) is 2.75. The lowest BCUT2D eigenvalue weighted by Gasteiger charge is -2.26. The lowest BCUT2D eigenvalue weighted by Crippen LogP contribution is -2.41. The summed E-state index contributed by atoms with van der Waals surface area (Å²) in [5.41, 5.74) is 0. The smallest absolute Gasteiger partial charge is 0.307 e. The molecular formula is C14H22N2O4. The molecule has 6 heteroatoms. The predicted octanol–water partition coefficient (Wildman–Crippen LogP) is 0.568. The molecule has 0 aromatic carbocycles. The van der Waals surface area contributed by atoms with Gasteiger partial charge in [-0.3, -0.25) is 14.4 Å². The zero-order chi connectivity index (χ0) is 14.7. The molecule has 0 aromatic rings. The van der Waals surface area contributed by atoms with E-state index in [0.717, 1.165) is 12.8 Å². The average molecular weight is 282 g/mol. The van der Waals surface area contributed by atoms with Gasteiger partial charge in [0, 0.05) is 33.1 Å². The molecule has 1 aliphatic heterocycles. The van der Waals surface area contributed by atoms with Crippen LogP contribution in [0.3, 0.4) is 0 Å². The zero-order valence-electron chi connectivity index (χ0n) is 11.9. The number of rotatable bonds is 2. The molecule has 1 heterocycles. The predicted molar refractivity (Wildman–Crippen MR) is 71.9 cm³/mol. The lowest BCUT2D eigenvalue weighted by molar-refractivity contribution is -0.149. The fraction of sp³-hybridized carbons (Fsp3) is 0.786. The molecule has 6 nitrogen and oxygen atoms in total. The minimum absolute atomic E-state index is 0.0311. The Balaban J connectivity index is 1.98. The van der Waals surface area contributed by atoms with Crippen molar-refractivity contribution in [3.63, 3.8) is 0 Å². The first-order valence-corrected chi connectivity index (χ1v) is 7.28. The molecule has 2 rings (SSSR count). The van der Waals surface area contributed by atoms with Crippen molar-refractivity contribution in [1.29, 1.82) is 0 Å². The van der Waals surface area contributed by atoms with E-state index < -0.39 is 11.9 Å². The second-order valence-corrected chi connectivity index (χ2v) is 5.67. The van der Waals surface area contributed by atoms with Gasteiger partial charge in [0.1, 0.15) is 0 Å². The SMILES string of the molecule is CC(=O)N1CCCN(C(=O)C2CCCC2C(=O)O)CC1. The molecule has 1 aliphatic carbocycles. The van der Waals surface area contributed by atoms with E-state index in [2.05, 4.69) is 0 Å². The van der Waals surface area contributed by atoms with E-state index >= 15 is 0 Å². The summed E-state index contributed by atoms with van der Waals surface area (Å²) in [6, 6.07) is 0. The Morgan fingerprint density at radius 1 is 0.900 bits per heavy atom.